The summed E-state index contributed by atoms with van der Waals surface area (Å²) in [6.07, 6.45) is 0.262. The van der Waals surface area contributed by atoms with E-state index < -0.39 is 44.0 Å². The number of likely N-dealkylation sites (tertiary alicyclic amines) is 1. The molecule has 0 bridgehead atoms. The minimum absolute atomic E-state index is 0.0280. The average molecular weight is 373 g/mol. The number of carbonyl (C=O) groups is 1. The highest BCUT2D eigenvalue weighted by atomic mass is 32.2. The van der Waals surface area contributed by atoms with E-state index in [1.165, 1.54) is 4.90 Å². The van der Waals surface area contributed by atoms with Crippen molar-refractivity contribution in [3.63, 3.8) is 0 Å². The monoisotopic (exact) mass is 373 g/mol. The van der Waals surface area contributed by atoms with Crippen LogP contribution in [0.3, 0.4) is 0 Å². The number of amides is 1. The maximum atomic E-state index is 12.1. The van der Waals surface area contributed by atoms with E-state index in [1.54, 1.807) is 20.8 Å². The molecule has 1 aliphatic heterocycles. The number of hydrogen-bond acceptors (Lipinski definition) is 8. The average Bonchev–Trinajstić information content (AvgIpc) is 2.64. The van der Waals surface area contributed by atoms with E-state index in [0.29, 0.717) is 0 Å². The lowest BCUT2D eigenvalue weighted by atomic mass is 10.1. The van der Waals surface area contributed by atoms with Gasteiger partial charge in [0.2, 0.25) is 0 Å². The van der Waals surface area contributed by atoms with Gasteiger partial charge in [-0.3, -0.25) is 8.37 Å². The highest BCUT2D eigenvalue weighted by Gasteiger charge is 2.40. The van der Waals surface area contributed by atoms with Gasteiger partial charge in [-0.05, 0) is 20.8 Å². The molecule has 0 aliphatic carbocycles. The summed E-state index contributed by atoms with van der Waals surface area (Å²) in [4.78, 5) is 13.3. The van der Waals surface area contributed by atoms with E-state index in [1.807, 2.05) is 0 Å². The van der Waals surface area contributed by atoms with E-state index in [0.717, 1.165) is 12.5 Å². The predicted octanol–water partition coefficient (Wildman–Crippen LogP) is 0.174. The summed E-state index contributed by atoms with van der Waals surface area (Å²) in [7, 11) is -7.45. The molecule has 0 spiro atoms. The summed E-state index contributed by atoms with van der Waals surface area (Å²) in [5.41, 5.74) is -0.703. The first-order valence-corrected chi connectivity index (χ1v) is 10.5. The lowest BCUT2D eigenvalue weighted by molar-refractivity contribution is 0.0274. The van der Waals surface area contributed by atoms with Gasteiger partial charge in [-0.15, -0.1) is 0 Å². The molecule has 0 saturated carbocycles. The van der Waals surface area contributed by atoms with Gasteiger partial charge in [0.25, 0.3) is 20.2 Å². The van der Waals surface area contributed by atoms with Crippen molar-refractivity contribution in [2.45, 2.75) is 32.5 Å². The lowest BCUT2D eigenvalue weighted by Gasteiger charge is -2.24. The maximum Gasteiger partial charge on any atom is 0.410 e. The van der Waals surface area contributed by atoms with Gasteiger partial charge in [0.15, 0.2) is 0 Å². The van der Waals surface area contributed by atoms with Gasteiger partial charge >= 0.3 is 6.09 Å². The Labute approximate surface area is 137 Å². The molecular weight excluding hydrogens is 350 g/mol. The molecule has 2 atom stereocenters. The molecule has 1 aliphatic rings. The molecule has 0 N–H and O–H groups in total. The molecule has 1 rings (SSSR count). The second-order valence-electron chi connectivity index (χ2n) is 6.47. The Bertz CT molecular complexity index is 634. The van der Waals surface area contributed by atoms with Crippen LogP contribution < -0.4 is 0 Å². The summed E-state index contributed by atoms with van der Waals surface area (Å²) in [5, 5.41) is 0. The molecule has 9 nitrogen and oxygen atoms in total. The van der Waals surface area contributed by atoms with E-state index in [2.05, 4.69) is 0 Å². The fourth-order valence-electron chi connectivity index (χ4n) is 2.02. The third-order valence-corrected chi connectivity index (χ3v) is 3.99. The quantitative estimate of drug-likeness (QED) is 0.626. The smallest absolute Gasteiger partial charge is 0.410 e. The third-order valence-electron chi connectivity index (χ3n) is 2.83. The molecule has 136 valence electrons. The van der Waals surface area contributed by atoms with E-state index in [-0.39, 0.29) is 19.7 Å². The van der Waals surface area contributed by atoms with Crippen molar-refractivity contribution in [2.75, 3.05) is 32.2 Å². The van der Waals surface area contributed by atoms with Gasteiger partial charge in [0.05, 0.1) is 25.7 Å². The van der Waals surface area contributed by atoms with Gasteiger partial charge < -0.3 is 9.64 Å². The van der Waals surface area contributed by atoms with Crippen LogP contribution in [0.25, 0.3) is 0 Å². The number of rotatable bonds is 5. The SMILES string of the molecule is CC(C)(C)OC(=O)N1CC(COS(C)(=O)=O)C(OS(C)(=O)=O)C1. The zero-order chi connectivity index (χ0) is 18.1. The summed E-state index contributed by atoms with van der Waals surface area (Å²) < 4.78 is 59.7. The second kappa shape index (κ2) is 6.91. The number of carbonyl (C=O) groups excluding carboxylic acids is 1. The Morgan fingerprint density at radius 1 is 1.09 bits per heavy atom. The first kappa shape index (κ1) is 20.1. The molecule has 0 aromatic rings. The zero-order valence-electron chi connectivity index (χ0n) is 13.8. The van der Waals surface area contributed by atoms with Crippen LogP contribution in [0.1, 0.15) is 20.8 Å². The topological polar surface area (TPSA) is 116 Å². The van der Waals surface area contributed by atoms with Crippen molar-refractivity contribution in [2.24, 2.45) is 5.92 Å². The molecule has 0 radical (unpaired) electrons. The van der Waals surface area contributed by atoms with Crippen LogP contribution in [0.15, 0.2) is 0 Å². The van der Waals surface area contributed by atoms with E-state index >= 15 is 0 Å². The minimum atomic E-state index is -3.76. The molecule has 1 saturated heterocycles. The van der Waals surface area contributed by atoms with Crippen LogP contribution in [0.2, 0.25) is 0 Å². The van der Waals surface area contributed by atoms with Gasteiger partial charge in [-0.2, -0.15) is 16.8 Å². The fraction of sp³-hybridized carbons (Fsp3) is 0.917. The van der Waals surface area contributed by atoms with Gasteiger partial charge in [-0.1, -0.05) is 0 Å². The summed E-state index contributed by atoms with van der Waals surface area (Å²) >= 11 is 0. The largest absolute Gasteiger partial charge is 0.444 e. The molecule has 1 fully saturated rings. The Morgan fingerprint density at radius 2 is 1.65 bits per heavy atom. The Balaban J connectivity index is 2.82. The van der Waals surface area contributed by atoms with Crippen molar-refractivity contribution in [1.29, 1.82) is 0 Å². The molecule has 11 heteroatoms. The van der Waals surface area contributed by atoms with Crippen LogP contribution in [0, 0.1) is 5.92 Å². The van der Waals surface area contributed by atoms with E-state index in [4.69, 9.17) is 13.1 Å². The molecule has 0 aromatic carbocycles. The first-order chi connectivity index (χ1) is 10.2. The van der Waals surface area contributed by atoms with Crippen LogP contribution in [0.5, 0.6) is 0 Å². The minimum Gasteiger partial charge on any atom is -0.444 e. The number of nitrogens with zero attached hydrogens (tertiary/aromatic N) is 1. The fourth-order valence-corrected chi connectivity index (χ4v) is 3.11. The highest BCUT2D eigenvalue weighted by molar-refractivity contribution is 7.86. The van der Waals surface area contributed by atoms with Crippen LogP contribution in [-0.4, -0.2) is 71.7 Å². The standard InChI is InChI=1S/C12H23NO8S2/c1-12(2,3)20-11(14)13-6-9(8-19-22(4,15)16)10(7-13)21-23(5,17)18/h9-10H,6-8H2,1-5H3. The molecule has 2 unspecified atom stereocenters. The summed E-state index contributed by atoms with van der Waals surface area (Å²) in [5.74, 6) is -0.605. The summed E-state index contributed by atoms with van der Waals surface area (Å²) in [6.45, 7) is 4.88. The van der Waals surface area contributed by atoms with Crippen molar-refractivity contribution in [1.82, 2.24) is 4.90 Å². The van der Waals surface area contributed by atoms with Crippen LogP contribution >= 0.6 is 0 Å². The second-order valence-corrected chi connectivity index (χ2v) is 9.72. The van der Waals surface area contributed by atoms with Gasteiger partial charge in [-0.25, -0.2) is 4.79 Å². The molecule has 0 aromatic heterocycles. The number of ether oxygens (including phenoxy) is 1. The van der Waals surface area contributed by atoms with Crippen LogP contribution in [-0.2, 0) is 33.3 Å². The van der Waals surface area contributed by atoms with Crippen molar-refractivity contribution in [3.05, 3.63) is 0 Å². The number of hydrogen-bond donors (Lipinski definition) is 0. The Hall–Kier alpha value is -0.910. The van der Waals surface area contributed by atoms with Gasteiger partial charge in [0, 0.05) is 12.5 Å². The predicted molar refractivity (Wildman–Crippen MR) is 81.8 cm³/mol. The van der Waals surface area contributed by atoms with Crippen molar-refractivity contribution in [3.8, 4) is 0 Å². The van der Waals surface area contributed by atoms with Crippen LogP contribution in [0.4, 0.5) is 4.79 Å². The molecule has 1 heterocycles. The molecule has 1 amide bonds. The highest BCUT2D eigenvalue weighted by Crippen LogP contribution is 2.24. The zero-order valence-corrected chi connectivity index (χ0v) is 15.4. The Morgan fingerprint density at radius 3 is 2.09 bits per heavy atom. The maximum absolute atomic E-state index is 12.1. The lowest BCUT2D eigenvalue weighted by Crippen LogP contribution is -2.36. The van der Waals surface area contributed by atoms with E-state index in [9.17, 15) is 21.6 Å². The van der Waals surface area contributed by atoms with Crippen molar-refractivity contribution >= 4 is 26.3 Å². The van der Waals surface area contributed by atoms with Crippen molar-refractivity contribution < 1.29 is 34.7 Å². The normalized spacial score (nSPS) is 23.1. The Kier molecular flexibility index (Phi) is 6.05. The molecular formula is C12H23NO8S2. The van der Waals surface area contributed by atoms with Gasteiger partial charge in [0.1, 0.15) is 11.7 Å². The first-order valence-electron chi connectivity index (χ1n) is 6.87. The molecule has 23 heavy (non-hydrogen) atoms. The third kappa shape index (κ3) is 7.95. The summed E-state index contributed by atoms with van der Waals surface area (Å²) in [6, 6.07) is 0.